The lowest BCUT2D eigenvalue weighted by atomic mass is 9.73. The van der Waals surface area contributed by atoms with Gasteiger partial charge in [-0.2, -0.15) is 26.3 Å². The second kappa shape index (κ2) is 11.6. The van der Waals surface area contributed by atoms with Gasteiger partial charge >= 0.3 is 12.4 Å². The Morgan fingerprint density at radius 3 is 1.34 bits per heavy atom. The van der Waals surface area contributed by atoms with Crippen LogP contribution < -0.4 is 14.2 Å². The van der Waals surface area contributed by atoms with Crippen LogP contribution in [0.25, 0.3) is 0 Å². The quantitative estimate of drug-likeness (QED) is 0.251. The minimum Gasteiger partial charge on any atom is -0.497 e. The minimum atomic E-state index is -5.73. The van der Waals surface area contributed by atoms with Gasteiger partial charge in [-0.15, -0.1) is 0 Å². The molecule has 41 heavy (non-hydrogen) atoms. The molecule has 0 aromatic heterocycles. The van der Waals surface area contributed by atoms with Gasteiger partial charge in [0.25, 0.3) is 0 Å². The molecule has 4 nitrogen and oxygen atoms in total. The number of rotatable bonds is 8. The number of ether oxygens (including phenoxy) is 4. The lowest BCUT2D eigenvalue weighted by Crippen LogP contribution is -2.54. The van der Waals surface area contributed by atoms with Crippen molar-refractivity contribution in [3.05, 3.63) is 120 Å². The van der Waals surface area contributed by atoms with Crippen LogP contribution in [0, 0.1) is 5.92 Å². The van der Waals surface area contributed by atoms with Crippen LogP contribution in [0.1, 0.15) is 18.1 Å². The van der Waals surface area contributed by atoms with E-state index in [1.165, 1.54) is 14.2 Å². The van der Waals surface area contributed by atoms with Crippen LogP contribution in [0.5, 0.6) is 23.0 Å². The van der Waals surface area contributed by atoms with Gasteiger partial charge in [0.15, 0.2) is 0 Å². The average Bonchev–Trinajstić information content (AvgIpc) is 3.10. The molecule has 1 atom stereocenters. The molecule has 0 aliphatic heterocycles. The molecule has 0 saturated heterocycles. The number of halogens is 6. The summed E-state index contributed by atoms with van der Waals surface area (Å²) < 4.78 is 109. The third-order valence-corrected chi connectivity index (χ3v) is 6.46. The maximum Gasteiger partial charge on any atom is 0.411 e. The third kappa shape index (κ3) is 6.21. The van der Waals surface area contributed by atoms with Crippen LogP contribution in [0.4, 0.5) is 26.3 Å². The second-order valence-electron chi connectivity index (χ2n) is 9.21. The largest absolute Gasteiger partial charge is 0.497 e. The van der Waals surface area contributed by atoms with Crippen molar-refractivity contribution in [2.24, 2.45) is 5.92 Å². The molecule has 1 unspecified atom stereocenters. The molecule has 216 valence electrons. The molecule has 0 spiro atoms. The Morgan fingerprint density at radius 2 is 0.902 bits per heavy atom. The van der Waals surface area contributed by atoms with E-state index in [4.69, 9.17) is 18.9 Å². The number of allylic oxidation sites excluding steroid dienone is 4. The van der Waals surface area contributed by atoms with Crippen molar-refractivity contribution in [3.63, 3.8) is 0 Å². The summed E-state index contributed by atoms with van der Waals surface area (Å²) in [7, 11) is 2.98. The van der Waals surface area contributed by atoms with E-state index >= 15 is 0 Å². The Bertz CT molecular complexity index is 1400. The van der Waals surface area contributed by atoms with Crippen LogP contribution >= 0.6 is 0 Å². The van der Waals surface area contributed by atoms with Crippen molar-refractivity contribution < 1.29 is 45.3 Å². The van der Waals surface area contributed by atoms with Gasteiger partial charge in [-0.05, 0) is 89.9 Å². The van der Waals surface area contributed by atoms with Gasteiger partial charge in [0, 0.05) is 0 Å². The van der Waals surface area contributed by atoms with Crippen molar-refractivity contribution in [1.29, 1.82) is 0 Å². The molecule has 10 heteroatoms. The smallest absolute Gasteiger partial charge is 0.411 e. The molecule has 0 radical (unpaired) electrons. The molecular weight excluding hydrogens is 550 g/mol. The molecular formula is C31H26F6O4. The highest BCUT2D eigenvalue weighted by Crippen LogP contribution is 2.56. The summed E-state index contributed by atoms with van der Waals surface area (Å²) in [5.74, 6) is 1.87. The van der Waals surface area contributed by atoms with Gasteiger partial charge < -0.3 is 18.9 Å². The minimum absolute atomic E-state index is 0.0611. The van der Waals surface area contributed by atoms with E-state index in [9.17, 15) is 26.3 Å². The summed E-state index contributed by atoms with van der Waals surface area (Å²) in [6.07, 6.45) is -4.65. The fourth-order valence-electron chi connectivity index (χ4n) is 4.49. The first-order chi connectivity index (χ1) is 19.4. The molecule has 4 rings (SSSR count). The molecule has 0 amide bonds. The van der Waals surface area contributed by atoms with Crippen LogP contribution in [0.15, 0.2) is 109 Å². The lowest BCUT2D eigenvalue weighted by Gasteiger charge is -2.38. The lowest BCUT2D eigenvalue weighted by molar-refractivity contribution is -0.288. The zero-order chi connectivity index (χ0) is 29.8. The Morgan fingerprint density at radius 1 is 0.512 bits per heavy atom. The topological polar surface area (TPSA) is 36.9 Å². The summed E-state index contributed by atoms with van der Waals surface area (Å²) in [4.78, 5) is 0. The van der Waals surface area contributed by atoms with Crippen molar-refractivity contribution in [3.8, 4) is 23.0 Å². The van der Waals surface area contributed by atoms with Crippen molar-refractivity contribution in [1.82, 2.24) is 0 Å². The summed E-state index contributed by atoms with van der Waals surface area (Å²) in [6.45, 7) is 1.87. The summed E-state index contributed by atoms with van der Waals surface area (Å²) in [5, 5.41) is 0. The number of hydrogen-bond donors (Lipinski definition) is 0. The van der Waals surface area contributed by atoms with Crippen molar-refractivity contribution in [2.45, 2.75) is 24.7 Å². The Balaban J connectivity index is 1.67. The van der Waals surface area contributed by atoms with Gasteiger partial charge in [0.2, 0.25) is 5.41 Å². The second-order valence-corrected chi connectivity index (χ2v) is 9.21. The van der Waals surface area contributed by atoms with E-state index in [1.54, 1.807) is 42.5 Å². The van der Waals surface area contributed by atoms with Gasteiger partial charge in [0.1, 0.15) is 34.5 Å². The zero-order valence-electron chi connectivity index (χ0n) is 22.2. The average molecular weight is 577 g/mol. The van der Waals surface area contributed by atoms with Gasteiger partial charge in [0.05, 0.1) is 14.2 Å². The van der Waals surface area contributed by atoms with E-state index in [2.05, 4.69) is 0 Å². The molecule has 3 aromatic rings. The fraction of sp³-hybridized carbons (Fsp3) is 0.226. The molecule has 0 bridgehead atoms. The number of methoxy groups -OCH3 is 2. The van der Waals surface area contributed by atoms with Crippen LogP contribution in [0.2, 0.25) is 0 Å². The maximum absolute atomic E-state index is 14.6. The first-order valence-electron chi connectivity index (χ1n) is 12.4. The molecule has 0 N–H and O–H groups in total. The molecule has 0 heterocycles. The molecule has 0 saturated carbocycles. The van der Waals surface area contributed by atoms with Crippen molar-refractivity contribution >= 4 is 0 Å². The number of benzene rings is 3. The highest BCUT2D eigenvalue weighted by atomic mass is 19.4. The van der Waals surface area contributed by atoms with Crippen LogP contribution in [0.3, 0.4) is 0 Å². The van der Waals surface area contributed by atoms with E-state index in [1.807, 2.05) is 13.0 Å². The van der Waals surface area contributed by atoms with Crippen LogP contribution in [-0.4, -0.2) is 26.6 Å². The zero-order valence-corrected chi connectivity index (χ0v) is 22.2. The summed E-state index contributed by atoms with van der Waals surface area (Å²) in [5.41, 5.74) is -6.31. The molecule has 3 aromatic carbocycles. The summed E-state index contributed by atoms with van der Waals surface area (Å²) >= 11 is 0. The molecule has 1 aliphatic rings. The SMILES string of the molecule is COC1=CC(C)C=C(Oc2ccc(C(c3ccc(Oc4ccc(OC)cc4)cc3)(C(F)(F)F)C(F)(F)F)cc2)C=C1. The summed E-state index contributed by atoms with van der Waals surface area (Å²) in [6, 6.07) is 13.7. The normalized spacial score (nSPS) is 15.9. The van der Waals surface area contributed by atoms with E-state index in [0.717, 1.165) is 48.5 Å². The molecule has 0 fully saturated rings. The predicted octanol–water partition coefficient (Wildman–Crippen LogP) is 8.90. The van der Waals surface area contributed by atoms with E-state index in [-0.39, 0.29) is 17.4 Å². The maximum atomic E-state index is 14.6. The third-order valence-electron chi connectivity index (χ3n) is 6.46. The Labute approximate surface area is 233 Å². The number of alkyl halides is 6. The first-order valence-corrected chi connectivity index (χ1v) is 12.4. The highest BCUT2D eigenvalue weighted by Gasteiger charge is 2.72. The Kier molecular flexibility index (Phi) is 8.42. The standard InChI is InChI=1S/C31H26F6O4/c1-20-18-27(39-3)16-17-28(19-20)41-25-10-6-22(7-11-25)29(30(32,33)34,31(35,36)37)21-4-8-24(9-5-21)40-26-14-12-23(38-2)13-15-26/h4-20H,1-3H3. The first kappa shape index (κ1) is 29.6. The van der Waals surface area contributed by atoms with Crippen molar-refractivity contribution in [2.75, 3.05) is 14.2 Å². The van der Waals surface area contributed by atoms with Gasteiger partial charge in [-0.1, -0.05) is 31.2 Å². The van der Waals surface area contributed by atoms with E-state index in [0.29, 0.717) is 23.0 Å². The monoisotopic (exact) mass is 576 g/mol. The van der Waals surface area contributed by atoms with Gasteiger partial charge in [-0.3, -0.25) is 0 Å². The fourth-order valence-corrected chi connectivity index (χ4v) is 4.49. The predicted molar refractivity (Wildman–Crippen MR) is 141 cm³/mol. The van der Waals surface area contributed by atoms with Crippen LogP contribution in [-0.2, 0) is 10.2 Å². The Hall–Kier alpha value is -4.34. The number of hydrogen-bond acceptors (Lipinski definition) is 4. The highest BCUT2D eigenvalue weighted by molar-refractivity contribution is 5.48. The van der Waals surface area contributed by atoms with E-state index < -0.39 is 28.9 Å². The van der Waals surface area contributed by atoms with Gasteiger partial charge in [-0.25, -0.2) is 0 Å². The molecule has 1 aliphatic carbocycles.